The van der Waals surface area contributed by atoms with Gasteiger partial charge in [-0.2, -0.15) is 0 Å². The number of nitrogens with zero attached hydrogens (tertiary/aromatic N) is 4. The molecule has 5 nitrogen and oxygen atoms in total. The van der Waals surface area contributed by atoms with Crippen LogP contribution in [0.1, 0.15) is 36.5 Å². The Balaban J connectivity index is 1.68. The second-order valence-electron chi connectivity index (χ2n) is 8.65. The first-order valence-electron chi connectivity index (χ1n) is 11.0. The van der Waals surface area contributed by atoms with E-state index in [9.17, 15) is 0 Å². The van der Waals surface area contributed by atoms with Crippen molar-refractivity contribution in [1.82, 2.24) is 19.2 Å². The summed E-state index contributed by atoms with van der Waals surface area (Å²) in [5, 5.41) is 7.00. The van der Waals surface area contributed by atoms with Crippen LogP contribution in [0.25, 0.3) is 16.4 Å². The van der Waals surface area contributed by atoms with Crippen LogP contribution in [0.4, 0.5) is 0 Å². The summed E-state index contributed by atoms with van der Waals surface area (Å²) in [6.07, 6.45) is 0. The molecule has 0 aliphatic rings. The molecule has 172 valence electrons. The molecule has 0 bridgehead atoms. The molecule has 0 N–H and O–H groups in total. The lowest BCUT2D eigenvalue weighted by Crippen LogP contribution is -2.22. The van der Waals surface area contributed by atoms with Gasteiger partial charge in [0.15, 0.2) is 5.82 Å². The number of aryl methyl sites for hydroxylation is 1. The van der Waals surface area contributed by atoms with Crippen LogP contribution in [0.15, 0.2) is 60.0 Å². The second kappa shape index (κ2) is 10.0. The van der Waals surface area contributed by atoms with E-state index in [1.165, 1.54) is 11.1 Å². The predicted octanol–water partition coefficient (Wildman–Crippen LogP) is 6.66. The van der Waals surface area contributed by atoms with Crippen molar-refractivity contribution in [1.29, 1.82) is 0 Å². The third-order valence-electron chi connectivity index (χ3n) is 5.63. The van der Waals surface area contributed by atoms with E-state index in [1.807, 2.05) is 27.4 Å². The summed E-state index contributed by atoms with van der Waals surface area (Å²) >= 11 is 7.59. The molecule has 0 atom stereocenters. The summed E-state index contributed by atoms with van der Waals surface area (Å²) in [7, 11) is 3.78. The van der Waals surface area contributed by atoms with Crippen molar-refractivity contribution < 1.29 is 4.74 Å². The van der Waals surface area contributed by atoms with Crippen molar-refractivity contribution in [2.24, 2.45) is 0 Å². The second-order valence-corrected chi connectivity index (χ2v) is 9.96. The molecule has 0 fully saturated rings. The molecule has 33 heavy (non-hydrogen) atoms. The number of rotatable bonds is 8. The highest BCUT2D eigenvalue weighted by molar-refractivity contribution is 7.71. The molecule has 0 saturated carbocycles. The Bertz CT molecular complexity index is 1270. The third-order valence-corrected chi connectivity index (χ3v) is 6.89. The highest BCUT2D eigenvalue weighted by Gasteiger charge is 2.19. The summed E-state index contributed by atoms with van der Waals surface area (Å²) in [6.45, 7) is 7.90. The van der Waals surface area contributed by atoms with Crippen LogP contribution in [-0.4, -0.2) is 33.4 Å². The summed E-state index contributed by atoms with van der Waals surface area (Å²) in [4.78, 5) is 3.29. The Labute approximate surface area is 204 Å². The van der Waals surface area contributed by atoms with Gasteiger partial charge in [0.2, 0.25) is 4.77 Å². The Kier molecular flexibility index (Phi) is 7.12. The smallest absolute Gasteiger partial charge is 0.204 e. The van der Waals surface area contributed by atoms with E-state index in [0.29, 0.717) is 17.4 Å². The minimum absolute atomic E-state index is 0.536. The van der Waals surface area contributed by atoms with Crippen LogP contribution in [-0.2, 0) is 13.2 Å². The zero-order chi connectivity index (χ0) is 23.5. The molecule has 0 radical (unpaired) electrons. The lowest BCUT2D eigenvalue weighted by atomic mass is 10.0. The highest BCUT2D eigenvalue weighted by atomic mass is 32.1. The van der Waals surface area contributed by atoms with E-state index in [-0.39, 0.29) is 0 Å². The summed E-state index contributed by atoms with van der Waals surface area (Å²) in [5.41, 5.74) is 4.67. The van der Waals surface area contributed by atoms with Gasteiger partial charge in [-0.25, -0.2) is 4.68 Å². The maximum Gasteiger partial charge on any atom is 0.204 e. The van der Waals surface area contributed by atoms with Gasteiger partial charge < -0.3 is 4.74 Å². The van der Waals surface area contributed by atoms with Gasteiger partial charge >= 0.3 is 0 Å². The van der Waals surface area contributed by atoms with E-state index in [2.05, 4.69) is 74.5 Å². The fourth-order valence-corrected chi connectivity index (χ4v) is 4.84. The van der Waals surface area contributed by atoms with Gasteiger partial charge in [-0.05, 0) is 72.4 Å². The summed E-state index contributed by atoms with van der Waals surface area (Å²) < 4.78 is 10.2. The lowest BCUT2D eigenvalue weighted by Gasteiger charge is -2.17. The quantitative estimate of drug-likeness (QED) is 0.265. The van der Waals surface area contributed by atoms with Crippen molar-refractivity contribution in [3.63, 3.8) is 0 Å². The average Bonchev–Trinajstić information content (AvgIpc) is 3.42. The zero-order valence-corrected chi connectivity index (χ0v) is 21.4. The first-order valence-corrected chi connectivity index (χ1v) is 12.3. The van der Waals surface area contributed by atoms with Gasteiger partial charge in [-0.1, -0.05) is 50.2 Å². The van der Waals surface area contributed by atoms with E-state index in [4.69, 9.17) is 22.1 Å². The van der Waals surface area contributed by atoms with Gasteiger partial charge in [0, 0.05) is 6.54 Å². The first kappa shape index (κ1) is 23.4. The molecular formula is C26H30N4OS2. The third kappa shape index (κ3) is 5.11. The van der Waals surface area contributed by atoms with Gasteiger partial charge in [0.1, 0.15) is 5.75 Å². The molecule has 2 aromatic carbocycles. The van der Waals surface area contributed by atoms with Crippen molar-refractivity contribution in [3.8, 4) is 22.1 Å². The standard InChI is InChI=1S/C26H30N4OS2/c1-18(2)21-11-9-20(10-12-21)16-28(4)17-29-26(32)30(25(27-29)24-7-6-14-33-24)22-15-19(3)8-13-23(22)31-5/h6-15,18H,16-17H2,1-5H3. The van der Waals surface area contributed by atoms with Gasteiger partial charge in [0.25, 0.3) is 0 Å². The van der Waals surface area contributed by atoms with Crippen LogP contribution in [0, 0.1) is 11.7 Å². The van der Waals surface area contributed by atoms with Crippen LogP contribution < -0.4 is 4.74 Å². The normalized spacial score (nSPS) is 11.5. The van der Waals surface area contributed by atoms with Gasteiger partial charge in [-0.3, -0.25) is 9.47 Å². The average molecular weight is 479 g/mol. The first-order chi connectivity index (χ1) is 15.9. The van der Waals surface area contributed by atoms with Crippen LogP contribution in [0.2, 0.25) is 0 Å². The number of thiophene rings is 1. The zero-order valence-electron chi connectivity index (χ0n) is 19.8. The topological polar surface area (TPSA) is 35.2 Å². The van der Waals surface area contributed by atoms with Crippen molar-refractivity contribution >= 4 is 23.6 Å². The van der Waals surface area contributed by atoms with Crippen molar-refractivity contribution in [2.45, 2.75) is 39.9 Å². The molecule has 0 aliphatic heterocycles. The monoisotopic (exact) mass is 478 g/mol. The number of benzene rings is 2. The molecular weight excluding hydrogens is 448 g/mol. The molecule has 4 aromatic rings. The Morgan fingerprint density at radius 2 is 1.88 bits per heavy atom. The molecule has 0 spiro atoms. The minimum atomic E-state index is 0.536. The fourth-order valence-electron chi connectivity index (χ4n) is 3.86. The summed E-state index contributed by atoms with van der Waals surface area (Å²) in [5.74, 6) is 2.13. The van der Waals surface area contributed by atoms with Crippen molar-refractivity contribution in [3.05, 3.63) is 81.4 Å². The van der Waals surface area contributed by atoms with Crippen molar-refractivity contribution in [2.75, 3.05) is 14.2 Å². The number of hydrogen-bond donors (Lipinski definition) is 0. The largest absolute Gasteiger partial charge is 0.495 e. The molecule has 0 saturated heterocycles. The molecule has 2 aromatic heterocycles. The maximum absolute atomic E-state index is 5.93. The van der Waals surface area contributed by atoms with E-state index in [0.717, 1.165) is 34.2 Å². The van der Waals surface area contributed by atoms with Gasteiger partial charge in [-0.15, -0.1) is 16.4 Å². The SMILES string of the molecule is COc1ccc(C)cc1-n1c(-c2cccs2)nn(CN(C)Cc2ccc(C(C)C)cc2)c1=S. The van der Waals surface area contributed by atoms with E-state index < -0.39 is 0 Å². The molecule has 7 heteroatoms. The number of ether oxygens (including phenoxy) is 1. The van der Waals surface area contributed by atoms with Crippen LogP contribution in [0.3, 0.4) is 0 Å². The lowest BCUT2D eigenvalue weighted by molar-refractivity contribution is 0.244. The van der Waals surface area contributed by atoms with Crippen LogP contribution in [0.5, 0.6) is 5.75 Å². The Morgan fingerprint density at radius 3 is 2.52 bits per heavy atom. The maximum atomic E-state index is 5.93. The number of hydrogen-bond acceptors (Lipinski definition) is 5. The number of aromatic nitrogens is 3. The van der Waals surface area contributed by atoms with Gasteiger partial charge in [0.05, 0.1) is 24.3 Å². The Morgan fingerprint density at radius 1 is 1.12 bits per heavy atom. The fraction of sp³-hybridized carbons (Fsp3) is 0.308. The van der Waals surface area contributed by atoms with E-state index >= 15 is 0 Å². The Hall–Kier alpha value is -2.74. The van der Waals surface area contributed by atoms with E-state index in [1.54, 1.807) is 18.4 Å². The molecule has 2 heterocycles. The minimum Gasteiger partial charge on any atom is -0.495 e. The summed E-state index contributed by atoms with van der Waals surface area (Å²) in [6, 6.07) is 19.1. The van der Waals surface area contributed by atoms with Crippen LogP contribution >= 0.6 is 23.6 Å². The molecule has 0 unspecified atom stereocenters. The molecule has 0 amide bonds. The predicted molar refractivity (Wildman–Crippen MR) is 139 cm³/mol. The molecule has 0 aliphatic carbocycles. The number of methoxy groups -OCH3 is 1. The molecule has 4 rings (SSSR count). The highest BCUT2D eigenvalue weighted by Crippen LogP contribution is 2.31.